The Kier molecular flexibility index (Phi) is 5.32. The molecule has 1 aromatic heterocycles. The Labute approximate surface area is 123 Å². The van der Waals surface area contributed by atoms with Crippen molar-refractivity contribution >= 4 is 17.3 Å². The van der Waals surface area contributed by atoms with Crippen LogP contribution in [0.5, 0.6) is 0 Å². The van der Waals surface area contributed by atoms with Gasteiger partial charge in [-0.25, -0.2) is 0 Å². The molecule has 1 unspecified atom stereocenters. The van der Waals surface area contributed by atoms with E-state index in [9.17, 15) is 4.79 Å². The molecular weight excluding hydrogens is 270 g/mol. The zero-order valence-corrected chi connectivity index (χ0v) is 12.6. The van der Waals surface area contributed by atoms with Crippen LogP contribution >= 0.6 is 11.3 Å². The molecule has 1 heterocycles. The van der Waals surface area contributed by atoms with Gasteiger partial charge in [0.05, 0.1) is 13.0 Å². The molecule has 0 spiro atoms. The maximum absolute atomic E-state index is 12.0. The summed E-state index contributed by atoms with van der Waals surface area (Å²) in [5.41, 5.74) is 2.27. The molecule has 20 heavy (non-hydrogen) atoms. The summed E-state index contributed by atoms with van der Waals surface area (Å²) in [6.07, 6.45) is 0. The van der Waals surface area contributed by atoms with Crippen molar-refractivity contribution in [2.45, 2.75) is 12.5 Å². The number of thiophene rings is 1. The van der Waals surface area contributed by atoms with Gasteiger partial charge in [-0.1, -0.05) is 30.3 Å². The van der Waals surface area contributed by atoms with Crippen molar-refractivity contribution in [3.8, 4) is 0 Å². The van der Waals surface area contributed by atoms with Crippen LogP contribution in [0.4, 0.5) is 0 Å². The average molecular weight is 289 g/mol. The second kappa shape index (κ2) is 7.22. The SMILES string of the molecule is COC(=O)C(CN(C)Cc1ccsc1)c1ccccc1. The number of hydrogen-bond donors (Lipinski definition) is 0. The smallest absolute Gasteiger partial charge is 0.314 e. The fourth-order valence-electron chi connectivity index (χ4n) is 2.21. The quantitative estimate of drug-likeness (QED) is 0.765. The van der Waals surface area contributed by atoms with Gasteiger partial charge in [0.1, 0.15) is 0 Å². The molecular formula is C16H19NO2S. The summed E-state index contributed by atoms with van der Waals surface area (Å²) < 4.78 is 4.94. The number of benzene rings is 1. The predicted molar refractivity (Wildman–Crippen MR) is 81.9 cm³/mol. The lowest BCUT2D eigenvalue weighted by Crippen LogP contribution is -2.29. The number of methoxy groups -OCH3 is 1. The molecule has 4 heteroatoms. The highest BCUT2D eigenvalue weighted by molar-refractivity contribution is 7.07. The van der Waals surface area contributed by atoms with Crippen LogP contribution in [0.2, 0.25) is 0 Å². The van der Waals surface area contributed by atoms with E-state index >= 15 is 0 Å². The van der Waals surface area contributed by atoms with Gasteiger partial charge in [0.15, 0.2) is 0 Å². The summed E-state index contributed by atoms with van der Waals surface area (Å²) in [6.45, 7) is 1.48. The van der Waals surface area contributed by atoms with Crippen LogP contribution in [0, 0.1) is 0 Å². The molecule has 1 aromatic carbocycles. The van der Waals surface area contributed by atoms with Crippen molar-refractivity contribution in [3.63, 3.8) is 0 Å². The molecule has 0 aliphatic heterocycles. The Balaban J connectivity index is 2.06. The topological polar surface area (TPSA) is 29.5 Å². The van der Waals surface area contributed by atoms with Crippen LogP contribution < -0.4 is 0 Å². The van der Waals surface area contributed by atoms with E-state index in [1.165, 1.54) is 12.7 Å². The minimum Gasteiger partial charge on any atom is -0.469 e. The molecule has 0 amide bonds. The van der Waals surface area contributed by atoms with Crippen LogP contribution in [-0.4, -0.2) is 31.6 Å². The Bertz CT molecular complexity index is 525. The number of likely N-dealkylation sites (N-methyl/N-ethyl adjacent to an activating group) is 1. The minimum absolute atomic E-state index is 0.187. The molecule has 0 saturated carbocycles. The first-order valence-corrected chi connectivity index (χ1v) is 7.47. The minimum atomic E-state index is -0.246. The summed E-state index contributed by atoms with van der Waals surface area (Å²) in [6, 6.07) is 11.9. The first kappa shape index (κ1) is 14.8. The van der Waals surface area contributed by atoms with Gasteiger partial charge in [-0.15, -0.1) is 0 Å². The molecule has 0 radical (unpaired) electrons. The third-order valence-electron chi connectivity index (χ3n) is 3.21. The third kappa shape index (κ3) is 3.92. The van der Waals surface area contributed by atoms with Gasteiger partial charge in [0.2, 0.25) is 0 Å². The van der Waals surface area contributed by atoms with Crippen molar-refractivity contribution in [3.05, 3.63) is 58.3 Å². The summed E-state index contributed by atoms with van der Waals surface area (Å²) in [5, 5.41) is 4.20. The van der Waals surface area contributed by atoms with Gasteiger partial charge in [-0.2, -0.15) is 11.3 Å². The Morgan fingerprint density at radius 3 is 2.65 bits per heavy atom. The standard InChI is InChI=1S/C16H19NO2S/c1-17(10-13-8-9-20-12-13)11-15(16(18)19-2)14-6-4-3-5-7-14/h3-9,12,15H,10-11H2,1-2H3. The fourth-order valence-corrected chi connectivity index (χ4v) is 2.87. The largest absolute Gasteiger partial charge is 0.469 e. The Morgan fingerprint density at radius 2 is 2.05 bits per heavy atom. The second-order valence-corrected chi connectivity index (χ2v) is 5.59. The first-order chi connectivity index (χ1) is 9.70. The molecule has 0 aliphatic rings. The highest BCUT2D eigenvalue weighted by Gasteiger charge is 2.22. The molecule has 2 rings (SSSR count). The first-order valence-electron chi connectivity index (χ1n) is 6.53. The van der Waals surface area contributed by atoms with E-state index in [4.69, 9.17) is 4.74 Å². The zero-order chi connectivity index (χ0) is 14.4. The highest BCUT2D eigenvalue weighted by Crippen LogP contribution is 2.19. The van der Waals surface area contributed by atoms with Crippen molar-refractivity contribution in [2.24, 2.45) is 0 Å². The van der Waals surface area contributed by atoms with E-state index < -0.39 is 0 Å². The molecule has 0 aliphatic carbocycles. The highest BCUT2D eigenvalue weighted by atomic mass is 32.1. The molecule has 2 aromatic rings. The molecule has 0 bridgehead atoms. The molecule has 106 valence electrons. The second-order valence-electron chi connectivity index (χ2n) is 4.81. The number of carbonyl (C=O) groups excluding carboxylic acids is 1. The number of hydrogen-bond acceptors (Lipinski definition) is 4. The van der Waals surface area contributed by atoms with E-state index in [1.807, 2.05) is 37.4 Å². The molecule has 0 fully saturated rings. The summed E-state index contributed by atoms with van der Waals surface area (Å²) in [7, 11) is 3.47. The lowest BCUT2D eigenvalue weighted by molar-refractivity contribution is -0.142. The number of nitrogens with zero attached hydrogens (tertiary/aromatic N) is 1. The zero-order valence-electron chi connectivity index (χ0n) is 11.8. The predicted octanol–water partition coefficient (Wildman–Crippen LogP) is 3.14. The van der Waals surface area contributed by atoms with Crippen molar-refractivity contribution < 1.29 is 9.53 Å². The van der Waals surface area contributed by atoms with Crippen LogP contribution in [0.1, 0.15) is 17.0 Å². The van der Waals surface area contributed by atoms with Crippen LogP contribution in [0.15, 0.2) is 47.2 Å². The van der Waals surface area contributed by atoms with Gasteiger partial charge in [-0.3, -0.25) is 4.79 Å². The molecule has 0 saturated heterocycles. The van der Waals surface area contributed by atoms with E-state index in [1.54, 1.807) is 11.3 Å². The average Bonchev–Trinajstić information content (AvgIpc) is 2.97. The third-order valence-corrected chi connectivity index (χ3v) is 3.95. The lowest BCUT2D eigenvalue weighted by atomic mass is 9.98. The summed E-state index contributed by atoms with van der Waals surface area (Å²) in [4.78, 5) is 14.2. The van der Waals surface area contributed by atoms with Gasteiger partial charge in [0.25, 0.3) is 0 Å². The monoisotopic (exact) mass is 289 g/mol. The van der Waals surface area contributed by atoms with Crippen molar-refractivity contribution in [2.75, 3.05) is 20.7 Å². The van der Waals surface area contributed by atoms with Gasteiger partial charge >= 0.3 is 5.97 Å². The normalized spacial score (nSPS) is 12.3. The maximum atomic E-state index is 12.0. The van der Waals surface area contributed by atoms with E-state index in [-0.39, 0.29) is 11.9 Å². The number of rotatable bonds is 6. The van der Waals surface area contributed by atoms with Gasteiger partial charge < -0.3 is 9.64 Å². The summed E-state index contributed by atoms with van der Waals surface area (Å²) >= 11 is 1.69. The molecule has 0 N–H and O–H groups in total. The molecule has 3 nitrogen and oxygen atoms in total. The Hall–Kier alpha value is -1.65. The van der Waals surface area contributed by atoms with Crippen LogP contribution in [0.25, 0.3) is 0 Å². The lowest BCUT2D eigenvalue weighted by Gasteiger charge is -2.22. The fraction of sp³-hybridized carbons (Fsp3) is 0.312. The molecule has 1 atom stereocenters. The van der Waals surface area contributed by atoms with Crippen molar-refractivity contribution in [1.82, 2.24) is 4.90 Å². The van der Waals surface area contributed by atoms with E-state index in [0.717, 1.165) is 12.1 Å². The maximum Gasteiger partial charge on any atom is 0.314 e. The van der Waals surface area contributed by atoms with Crippen LogP contribution in [0.3, 0.4) is 0 Å². The van der Waals surface area contributed by atoms with Crippen molar-refractivity contribution in [1.29, 1.82) is 0 Å². The van der Waals surface area contributed by atoms with E-state index in [2.05, 4.69) is 21.7 Å². The number of carbonyl (C=O) groups is 1. The number of ether oxygens (including phenoxy) is 1. The van der Waals surface area contributed by atoms with E-state index in [0.29, 0.717) is 6.54 Å². The van der Waals surface area contributed by atoms with Crippen LogP contribution in [-0.2, 0) is 16.1 Å². The summed E-state index contributed by atoms with van der Waals surface area (Å²) in [5.74, 6) is -0.432. The number of esters is 1. The van der Waals surface area contributed by atoms with Gasteiger partial charge in [-0.05, 0) is 35.0 Å². The Morgan fingerprint density at radius 1 is 1.30 bits per heavy atom. The van der Waals surface area contributed by atoms with Gasteiger partial charge in [0, 0.05) is 13.1 Å².